The lowest BCUT2D eigenvalue weighted by Gasteiger charge is -2.25. The molecule has 0 saturated heterocycles. The summed E-state index contributed by atoms with van der Waals surface area (Å²) in [6.45, 7) is 0.759. The third-order valence-corrected chi connectivity index (χ3v) is 5.29. The van der Waals surface area contributed by atoms with Crippen LogP contribution in [0.25, 0.3) is 0 Å². The normalized spacial score (nSPS) is 15.2. The molecular formula is C16H16ClIN2O. The minimum Gasteiger partial charge on any atom is -0.493 e. The third-order valence-electron chi connectivity index (χ3n) is 3.72. The molecule has 3 rings (SSSR count). The van der Waals surface area contributed by atoms with E-state index in [-0.39, 0.29) is 6.04 Å². The van der Waals surface area contributed by atoms with E-state index < -0.39 is 0 Å². The molecule has 1 atom stereocenters. The molecule has 21 heavy (non-hydrogen) atoms. The van der Waals surface area contributed by atoms with Gasteiger partial charge in [-0.25, -0.2) is 5.43 Å². The van der Waals surface area contributed by atoms with Crippen molar-refractivity contribution in [2.24, 2.45) is 5.84 Å². The molecule has 3 N–H and O–H groups in total. The van der Waals surface area contributed by atoms with Gasteiger partial charge in [0.05, 0.1) is 17.7 Å². The highest BCUT2D eigenvalue weighted by atomic mass is 127. The Labute approximate surface area is 142 Å². The maximum absolute atomic E-state index is 6.24. The number of ether oxygens (including phenoxy) is 1. The van der Waals surface area contributed by atoms with Gasteiger partial charge in [-0.05, 0) is 58.7 Å². The molecule has 0 bridgehead atoms. The van der Waals surface area contributed by atoms with Crippen molar-refractivity contribution in [3.63, 3.8) is 0 Å². The molecule has 3 nitrogen and oxygen atoms in total. The van der Waals surface area contributed by atoms with Gasteiger partial charge in [0.1, 0.15) is 5.75 Å². The molecule has 1 aliphatic rings. The van der Waals surface area contributed by atoms with Gasteiger partial charge in [0.15, 0.2) is 0 Å². The smallest absolute Gasteiger partial charge is 0.127 e. The van der Waals surface area contributed by atoms with Gasteiger partial charge in [-0.2, -0.15) is 0 Å². The summed E-state index contributed by atoms with van der Waals surface area (Å²) in [6, 6.07) is 12.1. The van der Waals surface area contributed by atoms with Crippen LogP contribution < -0.4 is 16.0 Å². The Morgan fingerprint density at radius 1 is 1.29 bits per heavy atom. The van der Waals surface area contributed by atoms with Crippen LogP contribution in [0, 0.1) is 3.57 Å². The topological polar surface area (TPSA) is 47.3 Å². The molecule has 1 heterocycles. The average molecular weight is 415 g/mol. The largest absolute Gasteiger partial charge is 0.493 e. The SMILES string of the molecule is NNC(c1ccc(I)c(Cl)c1)c1cccc2c1OCCC2. The molecule has 2 aromatic rings. The summed E-state index contributed by atoms with van der Waals surface area (Å²) in [5, 5.41) is 0.735. The minimum absolute atomic E-state index is 0.132. The average Bonchev–Trinajstić information content (AvgIpc) is 2.52. The van der Waals surface area contributed by atoms with Crippen LogP contribution in [0.3, 0.4) is 0 Å². The summed E-state index contributed by atoms with van der Waals surface area (Å²) < 4.78 is 6.91. The Morgan fingerprint density at radius 2 is 2.14 bits per heavy atom. The van der Waals surface area contributed by atoms with Crippen molar-refractivity contribution >= 4 is 34.2 Å². The van der Waals surface area contributed by atoms with Gasteiger partial charge in [-0.1, -0.05) is 35.9 Å². The lowest BCUT2D eigenvalue weighted by molar-refractivity contribution is 0.283. The Hall–Kier alpha value is -0.820. The van der Waals surface area contributed by atoms with Crippen LogP contribution in [-0.2, 0) is 6.42 Å². The van der Waals surface area contributed by atoms with Crippen molar-refractivity contribution in [1.29, 1.82) is 0 Å². The number of hydrogen-bond acceptors (Lipinski definition) is 3. The molecule has 0 amide bonds. The van der Waals surface area contributed by atoms with Crippen molar-refractivity contribution in [2.75, 3.05) is 6.61 Å². The fraction of sp³-hybridized carbons (Fsp3) is 0.250. The molecular weight excluding hydrogens is 399 g/mol. The highest BCUT2D eigenvalue weighted by molar-refractivity contribution is 14.1. The number of nitrogens with one attached hydrogen (secondary N) is 1. The number of para-hydroxylation sites is 1. The molecule has 0 radical (unpaired) electrons. The molecule has 0 aliphatic carbocycles. The number of fused-ring (bicyclic) bond motifs is 1. The zero-order valence-electron chi connectivity index (χ0n) is 11.4. The van der Waals surface area contributed by atoms with E-state index in [0.29, 0.717) is 0 Å². The summed E-state index contributed by atoms with van der Waals surface area (Å²) in [6.07, 6.45) is 2.11. The van der Waals surface area contributed by atoms with E-state index in [1.807, 2.05) is 18.2 Å². The number of nitrogens with two attached hydrogens (primary N) is 1. The van der Waals surface area contributed by atoms with Crippen LogP contribution in [0.1, 0.15) is 29.2 Å². The molecule has 1 aliphatic heterocycles. The van der Waals surface area contributed by atoms with Crippen molar-refractivity contribution < 1.29 is 4.74 Å². The second kappa shape index (κ2) is 6.52. The Bertz CT molecular complexity index is 663. The van der Waals surface area contributed by atoms with Crippen LogP contribution in [0.4, 0.5) is 0 Å². The number of benzene rings is 2. The van der Waals surface area contributed by atoms with Crippen molar-refractivity contribution in [3.05, 3.63) is 61.7 Å². The van der Waals surface area contributed by atoms with E-state index in [0.717, 1.165) is 44.9 Å². The number of halogens is 2. The van der Waals surface area contributed by atoms with E-state index in [2.05, 4.69) is 46.2 Å². The molecule has 110 valence electrons. The maximum atomic E-state index is 6.24. The van der Waals surface area contributed by atoms with Gasteiger partial charge in [0.2, 0.25) is 0 Å². The quantitative estimate of drug-likeness (QED) is 0.456. The summed E-state index contributed by atoms with van der Waals surface area (Å²) in [5.74, 6) is 6.77. The standard InChI is InChI=1S/C16H16ClIN2O/c17-13-9-11(6-7-14(13)18)15(20-19)12-5-1-3-10-4-2-8-21-16(10)12/h1,3,5-7,9,15,20H,2,4,8,19H2. The highest BCUT2D eigenvalue weighted by Crippen LogP contribution is 2.36. The lowest BCUT2D eigenvalue weighted by atomic mass is 9.94. The zero-order chi connectivity index (χ0) is 14.8. The third kappa shape index (κ3) is 3.04. The second-order valence-electron chi connectivity index (χ2n) is 5.06. The lowest BCUT2D eigenvalue weighted by Crippen LogP contribution is -2.29. The molecule has 1 unspecified atom stereocenters. The first-order chi connectivity index (χ1) is 10.2. The van der Waals surface area contributed by atoms with Crippen LogP contribution in [0.2, 0.25) is 5.02 Å². The summed E-state index contributed by atoms with van der Waals surface area (Å²) in [7, 11) is 0. The number of hydrogen-bond donors (Lipinski definition) is 2. The van der Waals surface area contributed by atoms with Crippen LogP contribution >= 0.6 is 34.2 Å². The predicted octanol–water partition coefficient (Wildman–Crippen LogP) is 3.82. The molecule has 0 saturated carbocycles. The minimum atomic E-state index is -0.132. The zero-order valence-corrected chi connectivity index (χ0v) is 14.3. The van der Waals surface area contributed by atoms with Crippen molar-refractivity contribution in [3.8, 4) is 5.75 Å². The number of rotatable bonds is 3. The Morgan fingerprint density at radius 3 is 2.90 bits per heavy atom. The summed E-state index contributed by atoms with van der Waals surface area (Å²) in [5.41, 5.74) is 6.23. The van der Waals surface area contributed by atoms with Crippen molar-refractivity contribution in [2.45, 2.75) is 18.9 Å². The highest BCUT2D eigenvalue weighted by Gasteiger charge is 2.22. The van der Waals surface area contributed by atoms with E-state index in [1.165, 1.54) is 5.56 Å². The summed E-state index contributed by atoms with van der Waals surface area (Å²) in [4.78, 5) is 0. The molecule has 0 fully saturated rings. The second-order valence-corrected chi connectivity index (χ2v) is 6.63. The molecule has 5 heteroatoms. The van der Waals surface area contributed by atoms with Gasteiger partial charge in [-0.3, -0.25) is 5.84 Å². The van der Waals surface area contributed by atoms with Gasteiger partial charge in [0, 0.05) is 9.13 Å². The van der Waals surface area contributed by atoms with E-state index in [1.54, 1.807) is 0 Å². The van der Waals surface area contributed by atoms with E-state index >= 15 is 0 Å². The molecule has 2 aromatic carbocycles. The van der Waals surface area contributed by atoms with E-state index in [9.17, 15) is 0 Å². The van der Waals surface area contributed by atoms with Gasteiger partial charge in [0.25, 0.3) is 0 Å². The Kier molecular flexibility index (Phi) is 4.69. The van der Waals surface area contributed by atoms with Gasteiger partial charge < -0.3 is 4.74 Å². The Balaban J connectivity index is 2.06. The first-order valence-corrected chi connectivity index (χ1v) is 8.32. The maximum Gasteiger partial charge on any atom is 0.127 e. The molecule has 0 aromatic heterocycles. The molecule has 0 spiro atoms. The number of aryl methyl sites for hydroxylation is 1. The van der Waals surface area contributed by atoms with Crippen LogP contribution in [0.5, 0.6) is 5.75 Å². The fourth-order valence-corrected chi connectivity index (χ4v) is 3.22. The van der Waals surface area contributed by atoms with E-state index in [4.69, 9.17) is 22.2 Å². The predicted molar refractivity (Wildman–Crippen MR) is 93.6 cm³/mol. The summed E-state index contributed by atoms with van der Waals surface area (Å²) >= 11 is 8.46. The first-order valence-electron chi connectivity index (χ1n) is 6.86. The fourth-order valence-electron chi connectivity index (χ4n) is 2.70. The number of hydrazine groups is 1. The first kappa shape index (κ1) is 15.1. The monoisotopic (exact) mass is 414 g/mol. The van der Waals surface area contributed by atoms with Crippen molar-refractivity contribution in [1.82, 2.24) is 5.43 Å². The van der Waals surface area contributed by atoms with Crippen LogP contribution in [0.15, 0.2) is 36.4 Å². The van der Waals surface area contributed by atoms with Gasteiger partial charge >= 0.3 is 0 Å². The van der Waals surface area contributed by atoms with Crippen LogP contribution in [-0.4, -0.2) is 6.61 Å². The van der Waals surface area contributed by atoms with Gasteiger partial charge in [-0.15, -0.1) is 0 Å².